The SMILES string of the molecule is CC.COC1CN(CCCCCOCCCCCN(C)O)C1. The minimum Gasteiger partial charge on any atom is -0.381 e. The molecular formula is C17H38N2O3. The number of methoxy groups -OCH3 is 1. The van der Waals surface area contributed by atoms with Gasteiger partial charge < -0.3 is 14.7 Å². The molecule has 0 spiro atoms. The fourth-order valence-corrected chi connectivity index (χ4v) is 2.39. The molecule has 0 radical (unpaired) electrons. The van der Waals surface area contributed by atoms with E-state index in [9.17, 15) is 0 Å². The van der Waals surface area contributed by atoms with Crippen LogP contribution in [0.2, 0.25) is 0 Å². The first-order valence-corrected chi connectivity index (χ1v) is 8.95. The number of hydroxylamine groups is 2. The van der Waals surface area contributed by atoms with Crippen molar-refractivity contribution in [3.05, 3.63) is 0 Å². The van der Waals surface area contributed by atoms with Crippen LogP contribution in [0.1, 0.15) is 52.4 Å². The standard InChI is InChI=1S/C15H32N2O3.C2H6/c1-16(18)9-5-3-7-11-20-12-8-4-6-10-17-13-15(14-17)19-2;1-2/h15,18H,3-14H2,1-2H3;1-2H3. The summed E-state index contributed by atoms with van der Waals surface area (Å²) in [6, 6.07) is 0. The molecule has 1 aliphatic rings. The predicted molar refractivity (Wildman–Crippen MR) is 91.5 cm³/mol. The zero-order chi connectivity index (χ0) is 16.6. The minimum atomic E-state index is 0.476. The van der Waals surface area contributed by atoms with E-state index in [1.54, 1.807) is 14.2 Å². The monoisotopic (exact) mass is 318 g/mol. The molecule has 0 bridgehead atoms. The molecule has 0 amide bonds. The van der Waals surface area contributed by atoms with Crippen LogP contribution < -0.4 is 0 Å². The summed E-state index contributed by atoms with van der Waals surface area (Å²) < 4.78 is 10.9. The summed E-state index contributed by atoms with van der Waals surface area (Å²) in [6.07, 6.45) is 7.42. The Morgan fingerprint density at radius 2 is 1.59 bits per heavy atom. The number of nitrogens with zero attached hydrogens (tertiary/aromatic N) is 2. The lowest BCUT2D eigenvalue weighted by molar-refractivity contribution is -0.0658. The number of likely N-dealkylation sites (tertiary alicyclic amines) is 1. The summed E-state index contributed by atoms with van der Waals surface area (Å²) in [4.78, 5) is 2.45. The van der Waals surface area contributed by atoms with Crippen LogP contribution in [0.3, 0.4) is 0 Å². The first kappa shape index (κ1) is 21.8. The largest absolute Gasteiger partial charge is 0.381 e. The summed E-state index contributed by atoms with van der Waals surface area (Å²) in [5.41, 5.74) is 0. The van der Waals surface area contributed by atoms with Gasteiger partial charge >= 0.3 is 0 Å². The van der Waals surface area contributed by atoms with E-state index in [1.165, 1.54) is 30.9 Å². The van der Waals surface area contributed by atoms with Crippen molar-refractivity contribution in [1.82, 2.24) is 9.96 Å². The second-order valence-electron chi connectivity index (χ2n) is 5.73. The van der Waals surface area contributed by atoms with Crippen molar-refractivity contribution in [2.24, 2.45) is 0 Å². The fourth-order valence-electron chi connectivity index (χ4n) is 2.39. The highest BCUT2D eigenvalue weighted by atomic mass is 16.5. The lowest BCUT2D eigenvalue weighted by atomic mass is 10.1. The van der Waals surface area contributed by atoms with Gasteiger partial charge in [0.05, 0.1) is 6.10 Å². The van der Waals surface area contributed by atoms with Crippen molar-refractivity contribution in [1.29, 1.82) is 0 Å². The van der Waals surface area contributed by atoms with Gasteiger partial charge in [-0.1, -0.05) is 13.8 Å². The zero-order valence-corrected chi connectivity index (χ0v) is 15.2. The highest BCUT2D eigenvalue weighted by Crippen LogP contribution is 2.11. The smallest absolute Gasteiger partial charge is 0.0824 e. The van der Waals surface area contributed by atoms with E-state index in [0.29, 0.717) is 6.10 Å². The molecule has 0 aromatic heterocycles. The van der Waals surface area contributed by atoms with Crippen molar-refractivity contribution < 1.29 is 14.7 Å². The molecule has 134 valence electrons. The molecule has 1 fully saturated rings. The Hall–Kier alpha value is -0.200. The van der Waals surface area contributed by atoms with E-state index in [4.69, 9.17) is 14.7 Å². The van der Waals surface area contributed by atoms with E-state index < -0.39 is 0 Å². The van der Waals surface area contributed by atoms with Crippen molar-refractivity contribution in [2.75, 3.05) is 53.6 Å². The predicted octanol–water partition coefficient (Wildman–Crippen LogP) is 3.02. The molecule has 1 heterocycles. The normalized spacial score (nSPS) is 15.5. The van der Waals surface area contributed by atoms with Crippen LogP contribution in [0.4, 0.5) is 0 Å². The number of ether oxygens (including phenoxy) is 2. The molecule has 1 N–H and O–H groups in total. The Labute approximate surface area is 137 Å². The summed E-state index contributed by atoms with van der Waals surface area (Å²) in [5.74, 6) is 0. The van der Waals surface area contributed by atoms with Gasteiger partial charge in [0, 0.05) is 47.0 Å². The first-order valence-electron chi connectivity index (χ1n) is 8.95. The van der Waals surface area contributed by atoms with Crippen molar-refractivity contribution in [3.8, 4) is 0 Å². The molecule has 1 rings (SSSR count). The van der Waals surface area contributed by atoms with Gasteiger partial charge in [-0.05, 0) is 45.1 Å². The van der Waals surface area contributed by atoms with Crippen molar-refractivity contribution >= 4 is 0 Å². The summed E-state index contributed by atoms with van der Waals surface area (Å²) >= 11 is 0. The van der Waals surface area contributed by atoms with Gasteiger partial charge in [0.15, 0.2) is 0 Å². The van der Waals surface area contributed by atoms with E-state index in [0.717, 1.165) is 52.1 Å². The quantitative estimate of drug-likeness (QED) is 0.418. The van der Waals surface area contributed by atoms with E-state index in [1.807, 2.05) is 13.8 Å². The molecular weight excluding hydrogens is 280 g/mol. The third-order valence-electron chi connectivity index (χ3n) is 3.79. The van der Waals surface area contributed by atoms with Gasteiger partial charge in [0.2, 0.25) is 0 Å². The second kappa shape index (κ2) is 15.7. The van der Waals surface area contributed by atoms with E-state index in [-0.39, 0.29) is 0 Å². The molecule has 0 aliphatic carbocycles. The maximum Gasteiger partial charge on any atom is 0.0824 e. The second-order valence-corrected chi connectivity index (χ2v) is 5.73. The molecule has 5 heteroatoms. The molecule has 0 aromatic carbocycles. The zero-order valence-electron chi connectivity index (χ0n) is 15.2. The Kier molecular flexibility index (Phi) is 15.5. The van der Waals surface area contributed by atoms with E-state index in [2.05, 4.69) is 4.90 Å². The Morgan fingerprint density at radius 3 is 2.14 bits per heavy atom. The fraction of sp³-hybridized carbons (Fsp3) is 1.00. The van der Waals surface area contributed by atoms with Gasteiger partial charge in [-0.25, -0.2) is 0 Å². The molecule has 0 aromatic rings. The molecule has 0 unspecified atom stereocenters. The summed E-state index contributed by atoms with van der Waals surface area (Å²) in [7, 11) is 3.48. The average molecular weight is 319 g/mol. The van der Waals surface area contributed by atoms with Crippen LogP contribution in [0.15, 0.2) is 0 Å². The Balaban J connectivity index is 0.00000211. The topological polar surface area (TPSA) is 45.2 Å². The number of rotatable bonds is 13. The molecule has 0 atom stereocenters. The number of hydrogen-bond acceptors (Lipinski definition) is 5. The highest BCUT2D eigenvalue weighted by Gasteiger charge is 2.25. The summed E-state index contributed by atoms with van der Waals surface area (Å²) in [6.45, 7) is 9.92. The first-order chi connectivity index (χ1) is 10.7. The van der Waals surface area contributed by atoms with Crippen LogP contribution in [0.5, 0.6) is 0 Å². The molecule has 5 nitrogen and oxygen atoms in total. The number of unbranched alkanes of at least 4 members (excludes halogenated alkanes) is 4. The van der Waals surface area contributed by atoms with Gasteiger partial charge in [0.25, 0.3) is 0 Å². The van der Waals surface area contributed by atoms with Crippen LogP contribution in [0.25, 0.3) is 0 Å². The highest BCUT2D eigenvalue weighted by molar-refractivity contribution is 4.79. The third-order valence-corrected chi connectivity index (χ3v) is 3.79. The molecule has 1 aliphatic heterocycles. The van der Waals surface area contributed by atoms with Gasteiger partial charge in [-0.2, -0.15) is 5.06 Å². The maximum atomic E-state index is 8.96. The van der Waals surface area contributed by atoms with E-state index >= 15 is 0 Å². The average Bonchev–Trinajstić information content (AvgIpc) is 2.48. The summed E-state index contributed by atoms with van der Waals surface area (Å²) in [5, 5.41) is 10.2. The maximum absolute atomic E-state index is 8.96. The number of hydrogen-bond donors (Lipinski definition) is 1. The third kappa shape index (κ3) is 12.4. The lowest BCUT2D eigenvalue weighted by Gasteiger charge is -2.38. The Bertz CT molecular complexity index is 222. The van der Waals surface area contributed by atoms with Crippen molar-refractivity contribution in [2.45, 2.75) is 58.5 Å². The minimum absolute atomic E-state index is 0.476. The van der Waals surface area contributed by atoms with Gasteiger partial charge in [-0.3, -0.25) is 4.90 Å². The van der Waals surface area contributed by atoms with Crippen LogP contribution in [-0.4, -0.2) is 74.8 Å². The van der Waals surface area contributed by atoms with Crippen LogP contribution >= 0.6 is 0 Å². The molecule has 1 saturated heterocycles. The molecule has 22 heavy (non-hydrogen) atoms. The van der Waals surface area contributed by atoms with Crippen LogP contribution in [-0.2, 0) is 9.47 Å². The van der Waals surface area contributed by atoms with Gasteiger partial charge in [0.1, 0.15) is 0 Å². The van der Waals surface area contributed by atoms with Crippen molar-refractivity contribution in [3.63, 3.8) is 0 Å². The van der Waals surface area contributed by atoms with Crippen LogP contribution in [0, 0.1) is 0 Å². The molecule has 0 saturated carbocycles. The Morgan fingerprint density at radius 1 is 1.00 bits per heavy atom. The van der Waals surface area contributed by atoms with Gasteiger partial charge in [-0.15, -0.1) is 0 Å². The lowest BCUT2D eigenvalue weighted by Crippen LogP contribution is -2.51.